The van der Waals surface area contributed by atoms with Crippen molar-refractivity contribution in [2.75, 3.05) is 0 Å². The Kier molecular flexibility index (Phi) is 3.06. The highest BCUT2D eigenvalue weighted by Crippen LogP contribution is 2.28. The maximum absolute atomic E-state index is 13.7. The van der Waals surface area contributed by atoms with E-state index in [9.17, 15) is 23.1 Å². The number of aliphatic hydroxyl groups excluding tert-OH is 1. The number of benzene rings is 2. The summed E-state index contributed by atoms with van der Waals surface area (Å²) in [5.41, 5.74) is 0.336. The Morgan fingerprint density at radius 3 is 2.62 bits per heavy atom. The number of H-pyrrole nitrogens is 1. The highest BCUT2D eigenvalue weighted by atomic mass is 19.2. The van der Waals surface area contributed by atoms with E-state index in [0.29, 0.717) is 5.52 Å². The van der Waals surface area contributed by atoms with Crippen LogP contribution in [0.5, 0.6) is 0 Å². The van der Waals surface area contributed by atoms with Crippen LogP contribution in [0.2, 0.25) is 0 Å². The van der Waals surface area contributed by atoms with E-state index >= 15 is 0 Å². The third kappa shape index (κ3) is 2.21. The number of oxazole rings is 1. The molecule has 2 N–H and O–H groups in total. The van der Waals surface area contributed by atoms with Gasteiger partial charge in [0.25, 0.3) is 0 Å². The molecule has 1 aromatic heterocycles. The summed E-state index contributed by atoms with van der Waals surface area (Å²) in [5.74, 6) is -5.12. The van der Waals surface area contributed by atoms with E-state index in [1.807, 2.05) is 0 Å². The van der Waals surface area contributed by atoms with Crippen LogP contribution in [0.4, 0.5) is 13.2 Å². The lowest BCUT2D eigenvalue weighted by atomic mass is 10.0. The van der Waals surface area contributed by atoms with E-state index in [1.165, 1.54) is 18.2 Å². The first-order valence-electron chi connectivity index (χ1n) is 5.91. The summed E-state index contributed by atoms with van der Waals surface area (Å²) in [6.07, 6.45) is -1.52. The van der Waals surface area contributed by atoms with Crippen molar-refractivity contribution >= 4 is 11.1 Å². The summed E-state index contributed by atoms with van der Waals surface area (Å²) in [4.78, 5) is 13.4. The Morgan fingerprint density at radius 1 is 1.10 bits per heavy atom. The van der Waals surface area contributed by atoms with E-state index in [2.05, 4.69) is 4.98 Å². The van der Waals surface area contributed by atoms with Crippen molar-refractivity contribution in [3.8, 4) is 0 Å². The van der Waals surface area contributed by atoms with Crippen molar-refractivity contribution in [1.29, 1.82) is 0 Å². The molecule has 0 aliphatic rings. The molecule has 0 fully saturated rings. The van der Waals surface area contributed by atoms with Gasteiger partial charge in [-0.05, 0) is 23.8 Å². The van der Waals surface area contributed by atoms with Crippen LogP contribution in [0.3, 0.4) is 0 Å². The fraction of sp³-hybridized carbons (Fsp3) is 0.0714. The number of aromatic amines is 1. The smallest absolute Gasteiger partial charge is 0.408 e. The van der Waals surface area contributed by atoms with Gasteiger partial charge >= 0.3 is 5.76 Å². The van der Waals surface area contributed by atoms with Crippen molar-refractivity contribution in [1.82, 2.24) is 4.98 Å². The third-order valence-corrected chi connectivity index (χ3v) is 3.12. The Balaban J connectivity index is 2.09. The van der Waals surface area contributed by atoms with Gasteiger partial charge in [0, 0.05) is 5.56 Å². The van der Waals surface area contributed by atoms with E-state index in [1.54, 1.807) is 0 Å². The van der Waals surface area contributed by atoms with E-state index in [-0.39, 0.29) is 11.1 Å². The van der Waals surface area contributed by atoms with Gasteiger partial charge in [-0.2, -0.15) is 0 Å². The first-order chi connectivity index (χ1) is 9.97. The van der Waals surface area contributed by atoms with Crippen molar-refractivity contribution in [3.63, 3.8) is 0 Å². The second-order valence-corrected chi connectivity index (χ2v) is 4.44. The number of nitrogens with one attached hydrogen (secondary N) is 1. The van der Waals surface area contributed by atoms with Crippen LogP contribution in [-0.4, -0.2) is 10.1 Å². The van der Waals surface area contributed by atoms with Crippen LogP contribution in [0.1, 0.15) is 17.2 Å². The molecule has 4 nitrogen and oxygen atoms in total. The number of fused-ring (bicyclic) bond motifs is 1. The molecule has 0 aliphatic carbocycles. The van der Waals surface area contributed by atoms with E-state index in [0.717, 1.165) is 12.1 Å². The van der Waals surface area contributed by atoms with Crippen LogP contribution < -0.4 is 5.76 Å². The Morgan fingerprint density at radius 2 is 1.86 bits per heavy atom. The number of hydrogen-bond acceptors (Lipinski definition) is 3. The van der Waals surface area contributed by atoms with Crippen LogP contribution in [0.25, 0.3) is 11.1 Å². The molecule has 0 bridgehead atoms. The van der Waals surface area contributed by atoms with Gasteiger partial charge in [0.1, 0.15) is 6.10 Å². The molecule has 0 saturated carbocycles. The van der Waals surface area contributed by atoms with Gasteiger partial charge in [-0.1, -0.05) is 12.1 Å². The summed E-state index contributed by atoms with van der Waals surface area (Å²) in [7, 11) is 0. The van der Waals surface area contributed by atoms with Gasteiger partial charge in [0.2, 0.25) is 0 Å². The molecule has 7 heteroatoms. The monoisotopic (exact) mass is 295 g/mol. The van der Waals surface area contributed by atoms with Gasteiger partial charge in [0.05, 0.1) is 5.52 Å². The Labute approximate surface area is 115 Å². The molecular weight excluding hydrogens is 287 g/mol. The summed E-state index contributed by atoms with van der Waals surface area (Å²) >= 11 is 0. The molecule has 1 atom stereocenters. The van der Waals surface area contributed by atoms with Gasteiger partial charge in [-0.15, -0.1) is 0 Å². The molecule has 21 heavy (non-hydrogen) atoms. The zero-order valence-corrected chi connectivity index (χ0v) is 10.4. The van der Waals surface area contributed by atoms with Crippen molar-refractivity contribution in [3.05, 3.63) is 69.5 Å². The average molecular weight is 295 g/mol. The van der Waals surface area contributed by atoms with Gasteiger partial charge in [0.15, 0.2) is 23.0 Å². The number of halogens is 3. The van der Waals surface area contributed by atoms with E-state index < -0.39 is 34.9 Å². The molecule has 2 aromatic carbocycles. The molecule has 0 spiro atoms. The van der Waals surface area contributed by atoms with Crippen LogP contribution in [0.15, 0.2) is 39.5 Å². The summed E-state index contributed by atoms with van der Waals surface area (Å²) < 4.78 is 44.6. The lowest BCUT2D eigenvalue weighted by Crippen LogP contribution is -2.05. The normalized spacial score (nSPS) is 12.8. The fourth-order valence-corrected chi connectivity index (χ4v) is 2.06. The molecule has 3 rings (SSSR count). The molecule has 1 heterocycles. The molecular formula is C14H8F3NO3. The predicted molar refractivity (Wildman–Crippen MR) is 67.2 cm³/mol. The molecule has 0 amide bonds. The van der Waals surface area contributed by atoms with Crippen LogP contribution in [0, 0.1) is 17.5 Å². The van der Waals surface area contributed by atoms with E-state index in [4.69, 9.17) is 4.42 Å². The molecule has 0 saturated heterocycles. The maximum atomic E-state index is 13.7. The minimum atomic E-state index is -1.65. The molecule has 108 valence electrons. The Bertz CT molecular complexity index is 885. The third-order valence-electron chi connectivity index (χ3n) is 3.12. The fourth-order valence-electron chi connectivity index (χ4n) is 2.06. The first kappa shape index (κ1) is 13.4. The summed E-state index contributed by atoms with van der Waals surface area (Å²) in [5, 5.41) is 10.1. The lowest BCUT2D eigenvalue weighted by molar-refractivity contribution is 0.212. The summed E-state index contributed by atoms with van der Waals surface area (Å²) in [6, 6.07) is 5.87. The van der Waals surface area contributed by atoms with Gasteiger partial charge in [-0.25, -0.2) is 18.0 Å². The highest BCUT2D eigenvalue weighted by Gasteiger charge is 2.21. The minimum absolute atomic E-state index is 0.166. The second-order valence-electron chi connectivity index (χ2n) is 4.44. The number of rotatable bonds is 2. The van der Waals surface area contributed by atoms with Crippen LogP contribution in [-0.2, 0) is 0 Å². The van der Waals surface area contributed by atoms with Crippen molar-refractivity contribution in [2.45, 2.75) is 6.10 Å². The minimum Gasteiger partial charge on any atom is -0.408 e. The topological polar surface area (TPSA) is 66.2 Å². The molecule has 1 unspecified atom stereocenters. The maximum Gasteiger partial charge on any atom is 0.417 e. The Hall–Kier alpha value is -2.54. The number of hydrogen-bond donors (Lipinski definition) is 2. The first-order valence-corrected chi connectivity index (χ1v) is 5.91. The van der Waals surface area contributed by atoms with Gasteiger partial charge < -0.3 is 9.52 Å². The zero-order chi connectivity index (χ0) is 15.1. The molecule has 0 radical (unpaired) electrons. The van der Waals surface area contributed by atoms with Crippen molar-refractivity contribution < 1.29 is 22.7 Å². The SMILES string of the molecule is O=c1[nH]c2ccc(C(O)c3ccc(F)c(F)c3F)cc2o1. The van der Waals surface area contributed by atoms with Crippen molar-refractivity contribution in [2.24, 2.45) is 0 Å². The highest BCUT2D eigenvalue weighted by molar-refractivity contribution is 5.73. The standard InChI is InChI=1S/C14H8F3NO3/c15-8-3-2-7(11(16)12(8)17)13(19)6-1-4-9-10(5-6)21-14(20)18-9/h1-5,13,19H,(H,18,20). The largest absolute Gasteiger partial charge is 0.417 e. The van der Waals surface area contributed by atoms with Crippen LogP contribution >= 0.6 is 0 Å². The second kappa shape index (κ2) is 4.78. The molecule has 3 aromatic rings. The molecule has 0 aliphatic heterocycles. The zero-order valence-electron chi connectivity index (χ0n) is 10.4. The predicted octanol–water partition coefficient (Wildman–Crippen LogP) is 2.62. The quantitative estimate of drug-likeness (QED) is 0.714. The number of aliphatic hydroxyl groups is 1. The van der Waals surface area contributed by atoms with Gasteiger partial charge in [-0.3, -0.25) is 4.98 Å². The lowest BCUT2D eigenvalue weighted by Gasteiger charge is -2.12. The average Bonchev–Trinajstić information content (AvgIpc) is 2.83. The summed E-state index contributed by atoms with van der Waals surface area (Å²) in [6.45, 7) is 0. The number of aromatic nitrogens is 1.